The summed E-state index contributed by atoms with van der Waals surface area (Å²) in [4.78, 5) is 26.0. The number of rotatable bonds is 7. The summed E-state index contributed by atoms with van der Waals surface area (Å²) in [6, 6.07) is 17.0. The lowest BCUT2D eigenvalue weighted by Crippen LogP contribution is -2.13. The summed E-state index contributed by atoms with van der Waals surface area (Å²) in [5, 5.41) is 9.90. The van der Waals surface area contributed by atoms with Crippen LogP contribution in [0.2, 0.25) is 0 Å². The fourth-order valence-electron chi connectivity index (χ4n) is 3.75. The highest BCUT2D eigenvalue weighted by atomic mass is 32.2. The van der Waals surface area contributed by atoms with E-state index in [1.165, 1.54) is 30.3 Å². The standard InChI is InChI=1S/C27H22FN7O3S/c1-17-5-8-20(14-23(17)33-27-30-13-11-22(32-27)18-4-3-12-29-16-18)31-26(36)24-15-25(39(2,37)38)35(34-24)21-9-6-19(28)7-10-21/h3-16H,1-2H3,(H,31,36)(H,30,32,33). The van der Waals surface area contributed by atoms with Crippen molar-refractivity contribution in [3.63, 3.8) is 0 Å². The Balaban J connectivity index is 1.39. The zero-order valence-corrected chi connectivity index (χ0v) is 21.6. The molecule has 0 aliphatic heterocycles. The summed E-state index contributed by atoms with van der Waals surface area (Å²) < 4.78 is 39.2. The van der Waals surface area contributed by atoms with E-state index < -0.39 is 21.6 Å². The van der Waals surface area contributed by atoms with E-state index in [0.717, 1.165) is 22.1 Å². The topological polar surface area (TPSA) is 132 Å². The fourth-order valence-corrected chi connectivity index (χ4v) is 4.54. The first kappa shape index (κ1) is 25.7. The average Bonchev–Trinajstić information content (AvgIpc) is 3.38. The van der Waals surface area contributed by atoms with Gasteiger partial charge in [0.2, 0.25) is 5.95 Å². The van der Waals surface area contributed by atoms with Crippen molar-refractivity contribution in [2.75, 3.05) is 16.9 Å². The van der Waals surface area contributed by atoms with Gasteiger partial charge in [0.15, 0.2) is 20.6 Å². The Morgan fingerprint density at radius 1 is 1.00 bits per heavy atom. The quantitative estimate of drug-likeness (QED) is 0.305. The average molecular weight is 544 g/mol. The van der Waals surface area contributed by atoms with Gasteiger partial charge in [0.25, 0.3) is 5.91 Å². The summed E-state index contributed by atoms with van der Waals surface area (Å²) in [6.07, 6.45) is 6.03. The minimum absolute atomic E-state index is 0.123. The van der Waals surface area contributed by atoms with Crippen LogP contribution in [0.25, 0.3) is 16.9 Å². The molecule has 0 spiro atoms. The Labute approximate surface area is 223 Å². The van der Waals surface area contributed by atoms with Crippen molar-refractivity contribution in [3.05, 3.63) is 102 Å². The molecule has 0 bridgehead atoms. The fraction of sp³-hybridized carbons (Fsp3) is 0.0741. The Hall–Kier alpha value is -4.97. The molecule has 2 N–H and O–H groups in total. The number of carbonyl (C=O) groups is 1. The van der Waals surface area contributed by atoms with Crippen LogP contribution in [0.3, 0.4) is 0 Å². The van der Waals surface area contributed by atoms with Crippen LogP contribution in [-0.4, -0.2) is 45.3 Å². The summed E-state index contributed by atoms with van der Waals surface area (Å²) in [7, 11) is -3.75. The Bertz CT molecular complexity index is 1770. The Morgan fingerprint density at radius 2 is 1.79 bits per heavy atom. The zero-order valence-electron chi connectivity index (χ0n) is 20.8. The van der Waals surface area contributed by atoms with Gasteiger partial charge in [-0.15, -0.1) is 0 Å². The van der Waals surface area contributed by atoms with Crippen molar-refractivity contribution in [1.82, 2.24) is 24.7 Å². The third kappa shape index (κ3) is 5.80. The van der Waals surface area contributed by atoms with Gasteiger partial charge in [-0.2, -0.15) is 5.10 Å². The van der Waals surface area contributed by atoms with E-state index >= 15 is 0 Å². The number of sulfone groups is 1. The molecule has 0 fully saturated rings. The zero-order chi connectivity index (χ0) is 27.6. The monoisotopic (exact) mass is 543 g/mol. The van der Waals surface area contributed by atoms with Crippen LogP contribution in [0.1, 0.15) is 16.1 Å². The van der Waals surface area contributed by atoms with Crippen LogP contribution < -0.4 is 10.6 Å². The lowest BCUT2D eigenvalue weighted by atomic mass is 10.1. The summed E-state index contributed by atoms with van der Waals surface area (Å²) in [6.45, 7) is 1.89. The number of aromatic nitrogens is 5. The van der Waals surface area contributed by atoms with Gasteiger partial charge in [0.05, 0.1) is 11.4 Å². The molecule has 39 heavy (non-hydrogen) atoms. The largest absolute Gasteiger partial charge is 0.324 e. The highest BCUT2D eigenvalue weighted by Gasteiger charge is 2.22. The molecule has 10 nitrogen and oxygen atoms in total. The summed E-state index contributed by atoms with van der Waals surface area (Å²) in [5.41, 5.74) is 3.69. The maximum absolute atomic E-state index is 13.4. The maximum Gasteiger partial charge on any atom is 0.276 e. The van der Waals surface area contributed by atoms with Crippen LogP contribution in [0.5, 0.6) is 0 Å². The normalized spacial score (nSPS) is 11.3. The third-order valence-corrected chi connectivity index (χ3v) is 6.77. The Kier molecular flexibility index (Phi) is 6.86. The first-order chi connectivity index (χ1) is 18.7. The van der Waals surface area contributed by atoms with Crippen LogP contribution in [0.4, 0.5) is 21.7 Å². The van der Waals surface area contributed by atoms with E-state index in [9.17, 15) is 17.6 Å². The molecule has 3 heterocycles. The van der Waals surface area contributed by atoms with Crippen molar-refractivity contribution in [1.29, 1.82) is 0 Å². The van der Waals surface area contributed by atoms with E-state index in [1.54, 1.807) is 36.8 Å². The smallest absolute Gasteiger partial charge is 0.276 e. The first-order valence-corrected chi connectivity index (χ1v) is 13.5. The molecule has 1 amide bonds. The SMILES string of the molecule is Cc1ccc(NC(=O)c2cc(S(C)(=O)=O)n(-c3ccc(F)cc3)n2)cc1Nc1nccc(-c2cccnc2)n1. The molecule has 0 unspecified atom stereocenters. The molecule has 0 atom stereocenters. The van der Waals surface area contributed by atoms with Crippen molar-refractivity contribution in [3.8, 4) is 16.9 Å². The molecular weight excluding hydrogens is 521 g/mol. The lowest BCUT2D eigenvalue weighted by Gasteiger charge is -2.12. The number of benzene rings is 2. The van der Waals surface area contributed by atoms with Crippen LogP contribution in [0, 0.1) is 12.7 Å². The van der Waals surface area contributed by atoms with E-state index in [0.29, 0.717) is 28.7 Å². The van der Waals surface area contributed by atoms with E-state index in [4.69, 9.17) is 0 Å². The highest BCUT2D eigenvalue weighted by Crippen LogP contribution is 2.25. The molecule has 5 aromatic rings. The molecule has 5 rings (SSSR count). The van der Waals surface area contributed by atoms with E-state index in [2.05, 4.69) is 30.7 Å². The predicted octanol–water partition coefficient (Wildman–Crippen LogP) is 4.57. The number of nitrogens with zero attached hydrogens (tertiary/aromatic N) is 5. The number of pyridine rings is 1. The maximum atomic E-state index is 13.4. The van der Waals surface area contributed by atoms with Crippen molar-refractivity contribution >= 4 is 33.1 Å². The number of aryl methyl sites for hydroxylation is 1. The van der Waals surface area contributed by atoms with Gasteiger partial charge in [0, 0.05) is 47.9 Å². The molecule has 0 radical (unpaired) electrons. The van der Waals surface area contributed by atoms with Crippen molar-refractivity contribution < 1.29 is 17.6 Å². The molecule has 0 saturated heterocycles. The van der Waals surface area contributed by atoms with E-state index in [-0.39, 0.29) is 10.7 Å². The Morgan fingerprint density at radius 3 is 2.51 bits per heavy atom. The molecule has 2 aromatic carbocycles. The van der Waals surface area contributed by atoms with Gasteiger partial charge in [-0.3, -0.25) is 9.78 Å². The predicted molar refractivity (Wildman–Crippen MR) is 144 cm³/mol. The second-order valence-electron chi connectivity index (χ2n) is 8.64. The van der Waals surface area contributed by atoms with Crippen LogP contribution in [0.15, 0.2) is 90.3 Å². The molecular formula is C27H22FN7O3S. The molecule has 3 aromatic heterocycles. The second-order valence-corrected chi connectivity index (χ2v) is 10.6. The highest BCUT2D eigenvalue weighted by molar-refractivity contribution is 7.90. The number of hydrogen-bond donors (Lipinski definition) is 2. The van der Waals surface area contributed by atoms with Gasteiger partial charge in [-0.25, -0.2) is 27.5 Å². The number of amides is 1. The number of halogens is 1. The number of carbonyl (C=O) groups excluding carboxylic acids is 1. The summed E-state index contributed by atoms with van der Waals surface area (Å²) in [5.74, 6) is -0.744. The molecule has 196 valence electrons. The van der Waals surface area contributed by atoms with Gasteiger partial charge in [0.1, 0.15) is 5.82 Å². The number of hydrogen-bond acceptors (Lipinski definition) is 8. The lowest BCUT2D eigenvalue weighted by molar-refractivity contribution is 0.102. The minimum atomic E-state index is -3.75. The van der Waals surface area contributed by atoms with Crippen LogP contribution >= 0.6 is 0 Å². The van der Waals surface area contributed by atoms with Gasteiger partial charge < -0.3 is 10.6 Å². The second kappa shape index (κ2) is 10.4. The molecule has 12 heteroatoms. The molecule has 0 aliphatic rings. The summed E-state index contributed by atoms with van der Waals surface area (Å²) >= 11 is 0. The molecule has 0 saturated carbocycles. The number of anilines is 3. The van der Waals surface area contributed by atoms with Gasteiger partial charge >= 0.3 is 0 Å². The van der Waals surface area contributed by atoms with E-state index in [1.807, 2.05) is 25.1 Å². The van der Waals surface area contributed by atoms with Gasteiger partial charge in [-0.05, 0) is 67.1 Å². The van der Waals surface area contributed by atoms with Crippen molar-refractivity contribution in [2.24, 2.45) is 0 Å². The number of nitrogens with one attached hydrogen (secondary N) is 2. The van der Waals surface area contributed by atoms with Crippen LogP contribution in [-0.2, 0) is 9.84 Å². The van der Waals surface area contributed by atoms with Crippen molar-refractivity contribution in [2.45, 2.75) is 11.9 Å². The van der Waals surface area contributed by atoms with Gasteiger partial charge in [-0.1, -0.05) is 6.07 Å². The molecule has 0 aliphatic carbocycles. The minimum Gasteiger partial charge on any atom is -0.324 e. The third-order valence-electron chi connectivity index (χ3n) is 5.72. The first-order valence-electron chi connectivity index (χ1n) is 11.7.